The van der Waals surface area contributed by atoms with E-state index in [0.717, 1.165) is 17.9 Å². The number of aliphatic hydroxyl groups excluding tert-OH is 1. The topological polar surface area (TPSA) is 40.5 Å². The van der Waals surface area contributed by atoms with Crippen molar-refractivity contribution in [1.82, 2.24) is 4.31 Å². The second kappa shape index (κ2) is 5.27. The van der Waals surface area contributed by atoms with Gasteiger partial charge in [0, 0.05) is 24.7 Å². The predicted molar refractivity (Wildman–Crippen MR) is 64.6 cm³/mol. The largest absolute Gasteiger partial charge is 0.396 e. The van der Waals surface area contributed by atoms with Crippen LogP contribution < -0.4 is 0 Å². The van der Waals surface area contributed by atoms with Gasteiger partial charge in [0.15, 0.2) is 0 Å². The van der Waals surface area contributed by atoms with Gasteiger partial charge in [-0.15, -0.1) is 0 Å². The zero-order valence-corrected chi connectivity index (χ0v) is 10.4. The van der Waals surface area contributed by atoms with Gasteiger partial charge >= 0.3 is 0 Å². The van der Waals surface area contributed by atoms with Crippen molar-refractivity contribution in [2.24, 2.45) is 5.92 Å². The number of rotatable bonds is 3. The normalized spacial score (nSPS) is 23.5. The molecule has 3 nitrogen and oxygen atoms in total. The molecule has 1 aliphatic rings. The maximum atomic E-state index is 12.1. The standard InChI is InChI=1S/C11H14ClNO2S/c12-10-1-3-11(4-2-10)16(15)13-6-5-9(7-13)8-14/h1-4,9,14H,5-8H2. The van der Waals surface area contributed by atoms with Crippen LogP contribution >= 0.6 is 11.6 Å². The molecule has 1 saturated heterocycles. The Hall–Kier alpha value is -0.420. The molecule has 0 saturated carbocycles. The minimum Gasteiger partial charge on any atom is -0.396 e. The molecule has 0 radical (unpaired) electrons. The third-order valence-electron chi connectivity index (χ3n) is 2.76. The van der Waals surface area contributed by atoms with Gasteiger partial charge in [0.1, 0.15) is 11.0 Å². The summed E-state index contributed by atoms with van der Waals surface area (Å²) in [6.07, 6.45) is 0.913. The molecule has 1 N–H and O–H groups in total. The molecule has 2 unspecified atom stereocenters. The van der Waals surface area contributed by atoms with Gasteiger partial charge in [0.05, 0.1) is 4.90 Å². The fourth-order valence-corrected chi connectivity index (χ4v) is 3.21. The molecule has 1 aromatic carbocycles. The molecule has 2 atom stereocenters. The van der Waals surface area contributed by atoms with E-state index in [-0.39, 0.29) is 12.5 Å². The summed E-state index contributed by atoms with van der Waals surface area (Å²) in [6, 6.07) is 7.05. The highest BCUT2D eigenvalue weighted by atomic mass is 35.5. The Morgan fingerprint density at radius 2 is 2.12 bits per heavy atom. The van der Waals surface area contributed by atoms with Crippen LogP contribution in [0.25, 0.3) is 0 Å². The highest BCUT2D eigenvalue weighted by molar-refractivity contribution is 7.82. The summed E-state index contributed by atoms with van der Waals surface area (Å²) in [7, 11) is -1.13. The second-order valence-electron chi connectivity index (χ2n) is 3.93. The van der Waals surface area contributed by atoms with Gasteiger partial charge in [-0.25, -0.2) is 8.51 Å². The molecule has 88 valence electrons. The number of nitrogens with zero attached hydrogens (tertiary/aromatic N) is 1. The van der Waals surface area contributed by atoms with Crippen molar-refractivity contribution >= 4 is 22.6 Å². The SMILES string of the molecule is O=S(c1ccc(Cl)cc1)N1CCC(CO)C1. The summed E-state index contributed by atoms with van der Waals surface area (Å²) in [6.45, 7) is 1.65. The average molecular weight is 260 g/mol. The molecule has 1 fully saturated rings. The van der Waals surface area contributed by atoms with Gasteiger partial charge in [-0.2, -0.15) is 0 Å². The molecule has 0 aromatic heterocycles. The van der Waals surface area contributed by atoms with E-state index < -0.39 is 11.0 Å². The van der Waals surface area contributed by atoms with E-state index in [2.05, 4.69) is 0 Å². The summed E-state index contributed by atoms with van der Waals surface area (Å²) in [5.74, 6) is 0.260. The molecule has 1 aliphatic heterocycles. The number of hydrogen-bond acceptors (Lipinski definition) is 2. The third-order valence-corrected chi connectivity index (χ3v) is 4.48. The van der Waals surface area contributed by atoms with Crippen molar-refractivity contribution in [3.63, 3.8) is 0 Å². The Morgan fingerprint density at radius 1 is 1.44 bits per heavy atom. The fourth-order valence-electron chi connectivity index (χ4n) is 1.80. The molecular formula is C11H14ClNO2S. The molecule has 2 rings (SSSR count). The monoisotopic (exact) mass is 259 g/mol. The number of benzene rings is 1. The van der Waals surface area contributed by atoms with E-state index in [0.29, 0.717) is 11.6 Å². The summed E-state index contributed by atoms with van der Waals surface area (Å²) in [5.41, 5.74) is 0. The van der Waals surface area contributed by atoms with E-state index >= 15 is 0 Å². The molecule has 1 heterocycles. The molecule has 0 spiro atoms. The first-order valence-corrected chi connectivity index (χ1v) is 6.72. The first kappa shape index (κ1) is 12.0. The van der Waals surface area contributed by atoms with E-state index in [1.807, 2.05) is 4.31 Å². The predicted octanol–water partition coefficient (Wildman–Crippen LogP) is 1.68. The Balaban J connectivity index is 2.05. The van der Waals surface area contributed by atoms with Crippen molar-refractivity contribution < 1.29 is 9.32 Å². The zero-order chi connectivity index (χ0) is 11.5. The highest BCUT2D eigenvalue weighted by Crippen LogP contribution is 2.22. The maximum absolute atomic E-state index is 12.1. The minimum atomic E-state index is -1.13. The number of halogens is 1. The van der Waals surface area contributed by atoms with Crippen LogP contribution in [-0.2, 0) is 11.0 Å². The van der Waals surface area contributed by atoms with Crippen molar-refractivity contribution in [1.29, 1.82) is 0 Å². The fraction of sp³-hybridized carbons (Fsp3) is 0.455. The third kappa shape index (κ3) is 2.63. The lowest BCUT2D eigenvalue weighted by molar-refractivity contribution is 0.233. The lowest BCUT2D eigenvalue weighted by Crippen LogP contribution is -2.24. The Labute approximate surface area is 103 Å². The molecule has 0 bridgehead atoms. The molecule has 5 heteroatoms. The molecule has 0 aliphatic carbocycles. The summed E-state index contributed by atoms with van der Waals surface area (Å²) < 4.78 is 14.0. The lowest BCUT2D eigenvalue weighted by Gasteiger charge is -2.14. The summed E-state index contributed by atoms with van der Waals surface area (Å²) in [5, 5.41) is 9.68. The second-order valence-corrected chi connectivity index (χ2v) is 5.85. The van der Waals surface area contributed by atoms with Crippen LogP contribution in [0, 0.1) is 5.92 Å². The quantitative estimate of drug-likeness (QED) is 0.897. The highest BCUT2D eigenvalue weighted by Gasteiger charge is 2.26. The van der Waals surface area contributed by atoms with Gasteiger partial charge in [-0.1, -0.05) is 11.6 Å². The van der Waals surface area contributed by atoms with E-state index in [4.69, 9.17) is 16.7 Å². The van der Waals surface area contributed by atoms with E-state index in [1.54, 1.807) is 24.3 Å². The number of hydrogen-bond donors (Lipinski definition) is 1. The van der Waals surface area contributed by atoms with Crippen LogP contribution in [0.1, 0.15) is 6.42 Å². The van der Waals surface area contributed by atoms with Crippen molar-refractivity contribution in [2.45, 2.75) is 11.3 Å². The molecule has 0 amide bonds. The van der Waals surface area contributed by atoms with Gasteiger partial charge in [-0.3, -0.25) is 0 Å². The van der Waals surface area contributed by atoms with Crippen LogP contribution in [0.4, 0.5) is 0 Å². The molecule has 1 aromatic rings. The van der Waals surface area contributed by atoms with Crippen molar-refractivity contribution in [2.75, 3.05) is 19.7 Å². The lowest BCUT2D eigenvalue weighted by atomic mass is 10.1. The Bertz CT molecular complexity index is 382. The van der Waals surface area contributed by atoms with Crippen LogP contribution in [0.5, 0.6) is 0 Å². The van der Waals surface area contributed by atoms with Gasteiger partial charge in [0.2, 0.25) is 0 Å². The number of aliphatic hydroxyl groups is 1. The van der Waals surface area contributed by atoms with Crippen LogP contribution in [-0.4, -0.2) is 33.3 Å². The molecule has 16 heavy (non-hydrogen) atoms. The minimum absolute atomic E-state index is 0.175. The first-order chi connectivity index (χ1) is 7.70. The zero-order valence-electron chi connectivity index (χ0n) is 8.80. The van der Waals surface area contributed by atoms with E-state index in [9.17, 15) is 4.21 Å². The van der Waals surface area contributed by atoms with Gasteiger partial charge in [-0.05, 0) is 36.6 Å². The van der Waals surface area contributed by atoms with Crippen molar-refractivity contribution in [3.05, 3.63) is 29.3 Å². The summed E-state index contributed by atoms with van der Waals surface area (Å²) >= 11 is 5.78. The van der Waals surface area contributed by atoms with Crippen LogP contribution in [0.2, 0.25) is 5.02 Å². The smallest absolute Gasteiger partial charge is 0.127 e. The van der Waals surface area contributed by atoms with Gasteiger partial charge < -0.3 is 5.11 Å². The Morgan fingerprint density at radius 3 is 2.69 bits per heavy atom. The van der Waals surface area contributed by atoms with Crippen LogP contribution in [0.15, 0.2) is 29.2 Å². The van der Waals surface area contributed by atoms with E-state index in [1.165, 1.54) is 0 Å². The average Bonchev–Trinajstić information content (AvgIpc) is 2.77. The summed E-state index contributed by atoms with van der Waals surface area (Å²) in [4.78, 5) is 0.767. The first-order valence-electron chi connectivity index (χ1n) is 5.24. The Kier molecular flexibility index (Phi) is 3.97. The van der Waals surface area contributed by atoms with Crippen LogP contribution in [0.3, 0.4) is 0 Å². The van der Waals surface area contributed by atoms with Gasteiger partial charge in [0.25, 0.3) is 0 Å². The maximum Gasteiger partial charge on any atom is 0.127 e. The van der Waals surface area contributed by atoms with Crippen molar-refractivity contribution in [3.8, 4) is 0 Å². The molecular weight excluding hydrogens is 246 g/mol.